The molecule has 6 rings (SSSR count). The molecule has 0 saturated heterocycles. The zero-order chi connectivity index (χ0) is 47.4. The van der Waals surface area contributed by atoms with Crippen molar-refractivity contribution < 1.29 is 46.4 Å². The van der Waals surface area contributed by atoms with E-state index in [0.29, 0.717) is 80.4 Å². The lowest BCUT2D eigenvalue weighted by Gasteiger charge is -2.39. The molecule has 65 heavy (non-hydrogen) atoms. The summed E-state index contributed by atoms with van der Waals surface area (Å²) in [5, 5.41) is 33.2. The zero-order valence-corrected chi connectivity index (χ0v) is 40.5. The molecule has 0 aliphatic carbocycles. The topological polar surface area (TPSA) is 209 Å². The second-order valence-corrected chi connectivity index (χ2v) is 21.7. The average Bonchev–Trinajstić information content (AvgIpc) is 3.40. The highest BCUT2D eigenvalue weighted by Gasteiger charge is 2.50. The van der Waals surface area contributed by atoms with Crippen molar-refractivity contribution in [2.45, 2.75) is 126 Å². The number of sulfone groups is 2. The third kappa shape index (κ3) is 12.2. The smallest absolute Gasteiger partial charge is 0.179 e. The summed E-state index contributed by atoms with van der Waals surface area (Å²) >= 11 is 0. The van der Waals surface area contributed by atoms with E-state index in [0.717, 1.165) is 49.8 Å². The predicted octanol–water partition coefficient (Wildman–Crippen LogP) is 8.80. The van der Waals surface area contributed by atoms with Gasteiger partial charge >= 0.3 is 0 Å². The fraction of sp³-hybridized carbons (Fsp3) is 0.529. The number of rotatable bonds is 19. The summed E-state index contributed by atoms with van der Waals surface area (Å²) in [4.78, 5) is 0.503. The standard InChI is InChI=1S/C29H43NO6S.C22H29NO4S/c1-4-7-14-29(6-3)21-37(32,33)26-13-10-23(30)20-25(26)27(28(29)31)22-8-11-24(12-9-22)36-19-18-35-17-16-34-15-5-2;1-3-5-12-22(4-2)14-28(26,27)19-11-8-16(23)13-18(19)20(21(22)25)15-6-9-17(24)10-7-15/h8-13,20,27-28,31H,4-7,14-19,21,30H2,1-3H3;6-11,13,20-21,24-25H,3-5,12,14,23H2,1-2H3/t27-,28-,29-;20-,21-,22-/m11/s1. The molecule has 0 saturated carbocycles. The van der Waals surface area contributed by atoms with Gasteiger partial charge in [-0.25, -0.2) is 16.8 Å². The molecule has 14 heteroatoms. The number of hydrogen-bond donors (Lipinski definition) is 5. The predicted molar refractivity (Wildman–Crippen MR) is 258 cm³/mol. The van der Waals surface area contributed by atoms with Gasteiger partial charge in [0, 0.05) is 40.6 Å². The highest BCUT2D eigenvalue weighted by molar-refractivity contribution is 7.91. The Hall–Kier alpha value is -4.18. The Morgan fingerprint density at radius 3 is 1.40 bits per heavy atom. The van der Waals surface area contributed by atoms with E-state index in [9.17, 15) is 32.2 Å². The van der Waals surface area contributed by atoms with Gasteiger partial charge in [0.1, 0.15) is 18.1 Å². The number of phenols is 1. The minimum absolute atomic E-state index is 0.0736. The number of nitrogens with two attached hydrogens (primary N) is 2. The van der Waals surface area contributed by atoms with E-state index in [1.807, 2.05) is 38.1 Å². The van der Waals surface area contributed by atoms with Crippen LogP contribution in [0.2, 0.25) is 0 Å². The van der Waals surface area contributed by atoms with Gasteiger partial charge in [-0.1, -0.05) is 84.6 Å². The summed E-state index contributed by atoms with van der Waals surface area (Å²) in [6.45, 7) is 12.9. The minimum Gasteiger partial charge on any atom is -0.508 e. The Balaban J connectivity index is 0.000000253. The minimum atomic E-state index is -3.62. The second kappa shape index (κ2) is 23.0. The van der Waals surface area contributed by atoms with Crippen LogP contribution in [0, 0.1) is 10.8 Å². The molecular weight excluding hydrogens is 865 g/mol. The summed E-state index contributed by atoms with van der Waals surface area (Å²) in [6, 6.07) is 23.9. The first kappa shape index (κ1) is 51.8. The number of ether oxygens (including phenoxy) is 3. The van der Waals surface area contributed by atoms with Crippen molar-refractivity contribution in [3.05, 3.63) is 107 Å². The lowest BCUT2D eigenvalue weighted by molar-refractivity contribution is 0.0173. The molecule has 12 nitrogen and oxygen atoms in total. The van der Waals surface area contributed by atoms with Crippen molar-refractivity contribution in [1.29, 1.82) is 0 Å². The van der Waals surface area contributed by atoms with Crippen molar-refractivity contribution in [2.75, 3.05) is 56.0 Å². The molecule has 0 amide bonds. The molecule has 2 aliphatic heterocycles. The fourth-order valence-electron chi connectivity index (χ4n) is 9.65. The molecule has 0 fully saturated rings. The van der Waals surface area contributed by atoms with Gasteiger partial charge in [-0.2, -0.15) is 0 Å². The van der Waals surface area contributed by atoms with Gasteiger partial charge in [-0.05, 0) is 115 Å². The van der Waals surface area contributed by atoms with Gasteiger partial charge in [0.25, 0.3) is 0 Å². The summed E-state index contributed by atoms with van der Waals surface area (Å²) in [7, 11) is -7.21. The molecule has 2 aliphatic rings. The monoisotopic (exact) mass is 936 g/mol. The largest absolute Gasteiger partial charge is 0.508 e. The summed E-state index contributed by atoms with van der Waals surface area (Å²) in [5.74, 6) is -0.397. The quantitative estimate of drug-likeness (QED) is 0.0442. The summed E-state index contributed by atoms with van der Waals surface area (Å²) < 4.78 is 70.5. The van der Waals surface area contributed by atoms with Crippen LogP contribution in [0.3, 0.4) is 0 Å². The van der Waals surface area contributed by atoms with Crippen molar-refractivity contribution in [3.8, 4) is 11.5 Å². The maximum atomic E-state index is 13.6. The van der Waals surface area contributed by atoms with Crippen LogP contribution in [0.5, 0.6) is 11.5 Å². The van der Waals surface area contributed by atoms with E-state index < -0.39 is 54.5 Å². The Morgan fingerprint density at radius 2 is 0.985 bits per heavy atom. The third-order valence-electron chi connectivity index (χ3n) is 13.4. The molecule has 0 radical (unpaired) electrons. The number of aromatic hydroxyl groups is 1. The molecule has 0 spiro atoms. The van der Waals surface area contributed by atoms with Crippen LogP contribution in [-0.4, -0.2) is 88.9 Å². The van der Waals surface area contributed by atoms with E-state index in [4.69, 9.17) is 25.7 Å². The number of nitrogen functional groups attached to an aromatic ring is 2. The molecule has 0 aromatic heterocycles. The molecule has 0 bridgehead atoms. The SMILES string of the molecule is CCCC[C@]1(CC)CS(=O)(=O)c2ccc(N)cc2[C@@H](c2ccc(O)cc2)[C@H]1O.CCCC[C@]1(CC)CS(=O)(=O)c2ccc(N)cc2[C@@H](c2ccc(OCCOCCOCCC)cc2)[C@H]1O. The number of benzene rings is 4. The van der Waals surface area contributed by atoms with Gasteiger partial charge < -0.3 is 41.0 Å². The van der Waals surface area contributed by atoms with E-state index in [2.05, 4.69) is 20.8 Å². The van der Waals surface area contributed by atoms with Crippen molar-refractivity contribution in [3.63, 3.8) is 0 Å². The van der Waals surface area contributed by atoms with E-state index in [1.54, 1.807) is 60.7 Å². The number of unbranched alkanes of at least 4 members (excludes halogenated alkanes) is 2. The summed E-state index contributed by atoms with van der Waals surface area (Å²) in [6.07, 6.45) is 5.20. The number of fused-ring (bicyclic) bond motifs is 2. The van der Waals surface area contributed by atoms with E-state index in [-0.39, 0.29) is 27.0 Å². The van der Waals surface area contributed by atoms with Crippen LogP contribution >= 0.6 is 0 Å². The number of hydrogen-bond acceptors (Lipinski definition) is 12. The summed E-state index contributed by atoms with van der Waals surface area (Å²) in [5.41, 5.74) is 14.2. The van der Waals surface area contributed by atoms with Crippen LogP contribution in [0.25, 0.3) is 0 Å². The second-order valence-electron chi connectivity index (χ2n) is 17.8. The molecule has 4 aromatic rings. The first-order chi connectivity index (χ1) is 31.0. The van der Waals surface area contributed by atoms with Gasteiger partial charge in [0.15, 0.2) is 19.7 Å². The Kier molecular flexibility index (Phi) is 18.3. The third-order valence-corrected chi connectivity index (χ3v) is 17.4. The molecule has 7 N–H and O–H groups in total. The van der Waals surface area contributed by atoms with Crippen LogP contribution in [0.1, 0.15) is 126 Å². The number of anilines is 2. The molecule has 2 heterocycles. The van der Waals surface area contributed by atoms with E-state index in [1.165, 1.54) is 0 Å². The number of aliphatic hydroxyl groups excluding tert-OH is 2. The average molecular weight is 937 g/mol. The molecular formula is C51H72N2O10S2. The number of phenolic OH excluding ortho intramolecular Hbond substituents is 1. The lowest BCUT2D eigenvalue weighted by atomic mass is 9.69. The van der Waals surface area contributed by atoms with Crippen LogP contribution in [-0.2, 0) is 29.1 Å². The van der Waals surface area contributed by atoms with Gasteiger partial charge in [-0.3, -0.25) is 0 Å². The lowest BCUT2D eigenvalue weighted by Crippen LogP contribution is -2.42. The van der Waals surface area contributed by atoms with Crippen molar-refractivity contribution in [1.82, 2.24) is 0 Å². The van der Waals surface area contributed by atoms with Crippen molar-refractivity contribution >= 4 is 31.0 Å². The first-order valence-corrected chi connectivity index (χ1v) is 26.6. The van der Waals surface area contributed by atoms with Crippen molar-refractivity contribution in [2.24, 2.45) is 10.8 Å². The molecule has 358 valence electrons. The zero-order valence-electron chi connectivity index (χ0n) is 38.9. The Morgan fingerprint density at radius 1 is 0.569 bits per heavy atom. The highest BCUT2D eigenvalue weighted by atomic mass is 32.2. The van der Waals surface area contributed by atoms with Gasteiger partial charge in [0.2, 0.25) is 0 Å². The van der Waals surface area contributed by atoms with Crippen LogP contribution in [0.4, 0.5) is 11.4 Å². The number of aliphatic hydroxyl groups is 2. The maximum absolute atomic E-state index is 13.6. The Labute approximate surface area is 387 Å². The fourth-order valence-corrected chi connectivity index (χ4v) is 14.2. The van der Waals surface area contributed by atoms with Gasteiger partial charge in [-0.15, -0.1) is 0 Å². The molecule has 6 atom stereocenters. The van der Waals surface area contributed by atoms with Crippen LogP contribution < -0.4 is 16.2 Å². The maximum Gasteiger partial charge on any atom is 0.179 e. The van der Waals surface area contributed by atoms with Crippen LogP contribution in [0.15, 0.2) is 94.7 Å². The first-order valence-electron chi connectivity index (χ1n) is 23.3. The highest BCUT2D eigenvalue weighted by Crippen LogP contribution is 2.51. The van der Waals surface area contributed by atoms with Gasteiger partial charge in [0.05, 0.1) is 53.3 Å². The van der Waals surface area contributed by atoms with E-state index >= 15 is 0 Å². The molecule has 0 unspecified atom stereocenters. The molecule has 4 aromatic carbocycles. The Bertz CT molecular complexity index is 2360. The normalized spacial score (nSPS) is 24.4.